The summed E-state index contributed by atoms with van der Waals surface area (Å²) < 4.78 is 48.8. The number of aliphatic hydroxyl groups excluding tert-OH is 1. The van der Waals surface area contributed by atoms with Gasteiger partial charge in [-0.2, -0.15) is 8.78 Å². The molecule has 2 aliphatic rings. The Balaban J connectivity index is 1.50. The van der Waals surface area contributed by atoms with Crippen molar-refractivity contribution >= 4 is 11.6 Å². The molecule has 0 saturated heterocycles. The van der Waals surface area contributed by atoms with Crippen molar-refractivity contribution < 1.29 is 32.5 Å². The lowest BCUT2D eigenvalue weighted by Gasteiger charge is -2.34. The number of anilines is 1. The van der Waals surface area contributed by atoms with Gasteiger partial charge in [0.2, 0.25) is 5.91 Å². The molecular formula is C23H25F3N2O4. The summed E-state index contributed by atoms with van der Waals surface area (Å²) in [4.78, 5) is 16.4. The van der Waals surface area contributed by atoms with Gasteiger partial charge in [0.15, 0.2) is 0 Å². The molecule has 1 saturated carbocycles. The Labute approximate surface area is 184 Å². The maximum atomic E-state index is 13.3. The van der Waals surface area contributed by atoms with Crippen molar-refractivity contribution in [2.45, 2.75) is 44.6 Å². The van der Waals surface area contributed by atoms with E-state index in [2.05, 4.69) is 4.74 Å². The number of benzene rings is 2. The molecule has 0 spiro atoms. The molecule has 1 aliphatic heterocycles. The Hall–Kier alpha value is -2.94. The van der Waals surface area contributed by atoms with Crippen LogP contribution in [0.1, 0.15) is 24.8 Å². The maximum Gasteiger partial charge on any atom is 0.387 e. The van der Waals surface area contributed by atoms with E-state index >= 15 is 0 Å². The second-order valence-corrected chi connectivity index (χ2v) is 8.04. The zero-order valence-corrected chi connectivity index (χ0v) is 17.4. The monoisotopic (exact) mass is 450 g/mol. The highest BCUT2D eigenvalue weighted by Gasteiger charge is 2.34. The van der Waals surface area contributed by atoms with Crippen LogP contribution in [0.3, 0.4) is 0 Å². The number of hydrogen-bond donors (Lipinski definition) is 1. The van der Waals surface area contributed by atoms with Crippen LogP contribution in [0.25, 0.3) is 0 Å². The molecule has 0 aromatic heterocycles. The first-order chi connectivity index (χ1) is 15.4. The number of amides is 1. The Morgan fingerprint density at radius 2 is 1.94 bits per heavy atom. The quantitative estimate of drug-likeness (QED) is 0.667. The SMILES string of the molecule is O=C1CCN(C[C@H](O)COc2cccc(F)c2)c2ccc(OC(F)F)cc2CN1C1CC1. The van der Waals surface area contributed by atoms with Gasteiger partial charge in [-0.15, -0.1) is 0 Å². The van der Waals surface area contributed by atoms with Crippen LogP contribution in [-0.4, -0.2) is 54.4 Å². The first-order valence-electron chi connectivity index (χ1n) is 10.6. The molecule has 32 heavy (non-hydrogen) atoms. The number of carbonyl (C=O) groups excluding carboxylic acids is 1. The highest BCUT2D eigenvalue weighted by Crippen LogP contribution is 2.35. The summed E-state index contributed by atoms with van der Waals surface area (Å²) in [6, 6.07) is 10.5. The molecule has 0 bridgehead atoms. The molecule has 2 aromatic rings. The Morgan fingerprint density at radius 1 is 1.12 bits per heavy atom. The van der Waals surface area contributed by atoms with Gasteiger partial charge in [0.25, 0.3) is 0 Å². The molecule has 2 aromatic carbocycles. The second-order valence-electron chi connectivity index (χ2n) is 8.04. The number of nitrogens with zero attached hydrogens (tertiary/aromatic N) is 2. The van der Waals surface area contributed by atoms with Gasteiger partial charge in [-0.05, 0) is 48.7 Å². The number of halogens is 3. The largest absolute Gasteiger partial charge is 0.491 e. The van der Waals surface area contributed by atoms with Gasteiger partial charge in [-0.3, -0.25) is 4.79 Å². The number of fused-ring (bicyclic) bond motifs is 1. The van der Waals surface area contributed by atoms with E-state index in [-0.39, 0.29) is 37.3 Å². The number of carbonyl (C=O) groups is 1. The molecule has 1 atom stereocenters. The van der Waals surface area contributed by atoms with E-state index < -0.39 is 18.5 Å². The van der Waals surface area contributed by atoms with Crippen molar-refractivity contribution in [2.24, 2.45) is 0 Å². The third-order valence-corrected chi connectivity index (χ3v) is 5.53. The lowest BCUT2D eigenvalue weighted by molar-refractivity contribution is -0.132. The Kier molecular flexibility index (Phi) is 6.74. The van der Waals surface area contributed by atoms with Crippen molar-refractivity contribution in [3.8, 4) is 11.5 Å². The van der Waals surface area contributed by atoms with Gasteiger partial charge < -0.3 is 24.4 Å². The standard InChI is InChI=1S/C23H25F3N2O4/c24-16-2-1-3-19(11-16)31-14-18(29)13-27-9-8-22(30)28(17-4-5-17)12-15-10-20(32-23(25)26)6-7-21(15)27/h1-3,6-7,10-11,17-18,23,29H,4-5,8-9,12-14H2/t18-/m0/s1. The van der Waals surface area contributed by atoms with Crippen LogP contribution in [-0.2, 0) is 11.3 Å². The molecule has 1 amide bonds. The lowest BCUT2D eigenvalue weighted by atomic mass is 10.1. The van der Waals surface area contributed by atoms with Crippen molar-refractivity contribution in [3.63, 3.8) is 0 Å². The molecule has 0 radical (unpaired) electrons. The third kappa shape index (κ3) is 5.64. The second kappa shape index (κ2) is 9.68. The fraction of sp³-hybridized carbons (Fsp3) is 0.435. The fourth-order valence-electron chi connectivity index (χ4n) is 3.90. The van der Waals surface area contributed by atoms with E-state index in [4.69, 9.17) is 4.74 Å². The molecule has 172 valence electrons. The predicted molar refractivity (Wildman–Crippen MR) is 111 cm³/mol. The van der Waals surface area contributed by atoms with Crippen LogP contribution >= 0.6 is 0 Å². The maximum absolute atomic E-state index is 13.3. The molecule has 9 heteroatoms. The topological polar surface area (TPSA) is 62.2 Å². The molecule has 6 nitrogen and oxygen atoms in total. The zero-order valence-electron chi connectivity index (χ0n) is 17.4. The number of β-amino-alcohol motifs (C(OH)–C–C–N with tert-alkyl or cyclic N) is 1. The smallest absolute Gasteiger partial charge is 0.387 e. The summed E-state index contributed by atoms with van der Waals surface area (Å²) in [6.07, 6.45) is 1.24. The predicted octanol–water partition coefficient (Wildman–Crippen LogP) is 3.57. The van der Waals surface area contributed by atoms with E-state index in [1.165, 1.54) is 30.3 Å². The number of aliphatic hydroxyl groups is 1. The van der Waals surface area contributed by atoms with E-state index in [1.807, 2.05) is 4.90 Å². The van der Waals surface area contributed by atoms with Crippen LogP contribution in [0.5, 0.6) is 11.5 Å². The van der Waals surface area contributed by atoms with E-state index in [9.17, 15) is 23.1 Å². The minimum atomic E-state index is -2.94. The molecule has 1 aliphatic carbocycles. The van der Waals surface area contributed by atoms with Crippen molar-refractivity contribution in [1.29, 1.82) is 0 Å². The van der Waals surface area contributed by atoms with Gasteiger partial charge in [0.05, 0.1) is 0 Å². The minimum absolute atomic E-state index is 0.00571. The van der Waals surface area contributed by atoms with Gasteiger partial charge in [0, 0.05) is 43.9 Å². The highest BCUT2D eigenvalue weighted by molar-refractivity contribution is 5.79. The number of hydrogen-bond acceptors (Lipinski definition) is 5. The fourth-order valence-corrected chi connectivity index (χ4v) is 3.90. The van der Waals surface area contributed by atoms with Crippen LogP contribution < -0.4 is 14.4 Å². The summed E-state index contributed by atoms with van der Waals surface area (Å²) >= 11 is 0. The van der Waals surface area contributed by atoms with Gasteiger partial charge >= 0.3 is 6.61 Å². The van der Waals surface area contributed by atoms with Crippen molar-refractivity contribution in [2.75, 3.05) is 24.6 Å². The van der Waals surface area contributed by atoms with E-state index in [0.717, 1.165) is 18.5 Å². The summed E-state index contributed by atoms with van der Waals surface area (Å²) in [5.41, 5.74) is 1.43. The third-order valence-electron chi connectivity index (χ3n) is 5.53. The summed E-state index contributed by atoms with van der Waals surface area (Å²) in [5, 5.41) is 10.5. The lowest BCUT2D eigenvalue weighted by Crippen LogP contribution is -2.42. The van der Waals surface area contributed by atoms with Gasteiger partial charge in [0.1, 0.15) is 30.0 Å². The zero-order chi connectivity index (χ0) is 22.7. The summed E-state index contributed by atoms with van der Waals surface area (Å²) in [5.74, 6) is -0.109. The van der Waals surface area contributed by atoms with Crippen LogP contribution in [0.2, 0.25) is 0 Å². The highest BCUT2D eigenvalue weighted by atomic mass is 19.3. The van der Waals surface area contributed by atoms with Gasteiger partial charge in [-0.1, -0.05) is 6.07 Å². The van der Waals surface area contributed by atoms with Crippen molar-refractivity contribution in [1.82, 2.24) is 4.90 Å². The molecular weight excluding hydrogens is 425 g/mol. The average molecular weight is 450 g/mol. The molecule has 1 heterocycles. The summed E-state index contributed by atoms with van der Waals surface area (Å²) in [7, 11) is 0. The Morgan fingerprint density at radius 3 is 2.66 bits per heavy atom. The van der Waals surface area contributed by atoms with Crippen molar-refractivity contribution in [3.05, 3.63) is 53.8 Å². The van der Waals surface area contributed by atoms with Gasteiger partial charge in [-0.25, -0.2) is 4.39 Å². The molecule has 1 fully saturated rings. The number of alkyl halides is 2. The first kappa shape index (κ1) is 22.3. The van der Waals surface area contributed by atoms with Crippen LogP contribution in [0, 0.1) is 5.82 Å². The molecule has 0 unspecified atom stereocenters. The van der Waals surface area contributed by atoms with Crippen LogP contribution in [0.4, 0.5) is 18.9 Å². The molecule has 4 rings (SSSR count). The van der Waals surface area contributed by atoms with Crippen LogP contribution in [0.15, 0.2) is 42.5 Å². The van der Waals surface area contributed by atoms with E-state index in [1.54, 1.807) is 17.0 Å². The minimum Gasteiger partial charge on any atom is -0.491 e. The summed E-state index contributed by atoms with van der Waals surface area (Å²) in [6.45, 7) is -2.19. The Bertz CT molecular complexity index is 955. The first-order valence-corrected chi connectivity index (χ1v) is 10.6. The van der Waals surface area contributed by atoms with E-state index in [0.29, 0.717) is 24.4 Å². The number of ether oxygens (including phenoxy) is 2. The normalized spacial score (nSPS) is 17.6. The average Bonchev–Trinajstić information content (AvgIpc) is 3.57. The molecule has 1 N–H and O–H groups in total. The number of rotatable bonds is 8.